The van der Waals surface area contributed by atoms with E-state index in [1.165, 1.54) is 12.1 Å². The second kappa shape index (κ2) is 5.90. The third-order valence-electron chi connectivity index (χ3n) is 2.47. The molecular weight excluding hydrogens is 238 g/mol. The average molecular weight is 253 g/mol. The van der Waals surface area contributed by atoms with Crippen LogP contribution in [0.25, 0.3) is 0 Å². The van der Waals surface area contributed by atoms with E-state index in [0.717, 1.165) is 6.07 Å². The van der Waals surface area contributed by atoms with Crippen molar-refractivity contribution < 1.29 is 24.9 Å². The van der Waals surface area contributed by atoms with Gasteiger partial charge in [0.2, 0.25) is 0 Å². The number of phenolic OH excluding ortho intramolecular Hbond substituents is 2. The van der Waals surface area contributed by atoms with Gasteiger partial charge in [0.15, 0.2) is 0 Å². The van der Waals surface area contributed by atoms with Crippen LogP contribution in [0.15, 0.2) is 18.2 Å². The second-order valence-electron chi connectivity index (χ2n) is 3.88. The van der Waals surface area contributed by atoms with E-state index in [-0.39, 0.29) is 23.5 Å². The van der Waals surface area contributed by atoms with E-state index >= 15 is 0 Å². The predicted octanol–water partition coefficient (Wildman–Crippen LogP) is 1.08. The molecule has 1 aromatic carbocycles. The van der Waals surface area contributed by atoms with Crippen LogP contribution >= 0.6 is 0 Å². The molecule has 18 heavy (non-hydrogen) atoms. The maximum absolute atomic E-state index is 11.8. The summed E-state index contributed by atoms with van der Waals surface area (Å²) in [6.45, 7) is 1.75. The van der Waals surface area contributed by atoms with Gasteiger partial charge in [-0.15, -0.1) is 0 Å². The van der Waals surface area contributed by atoms with E-state index in [2.05, 4.69) is 5.32 Å². The Morgan fingerprint density at radius 1 is 1.33 bits per heavy atom. The summed E-state index contributed by atoms with van der Waals surface area (Å²) in [6, 6.07) is 3.05. The molecule has 6 nitrogen and oxygen atoms in total. The molecule has 0 aliphatic rings. The minimum atomic E-state index is -1.01. The van der Waals surface area contributed by atoms with Crippen LogP contribution in [0, 0.1) is 0 Å². The first kappa shape index (κ1) is 13.8. The number of aromatic hydroxyl groups is 2. The van der Waals surface area contributed by atoms with Gasteiger partial charge in [0.05, 0.1) is 12.0 Å². The number of carboxylic acid groups (broad SMARTS) is 1. The van der Waals surface area contributed by atoms with Crippen LogP contribution in [0.2, 0.25) is 0 Å². The number of hydrogen-bond donors (Lipinski definition) is 4. The van der Waals surface area contributed by atoms with Crippen LogP contribution in [0.5, 0.6) is 11.5 Å². The Morgan fingerprint density at radius 3 is 2.56 bits per heavy atom. The topological polar surface area (TPSA) is 107 Å². The zero-order valence-corrected chi connectivity index (χ0v) is 9.88. The Morgan fingerprint density at radius 2 is 2.00 bits per heavy atom. The van der Waals surface area contributed by atoms with Crippen LogP contribution in [0.4, 0.5) is 0 Å². The smallest absolute Gasteiger partial charge is 0.305 e. The summed E-state index contributed by atoms with van der Waals surface area (Å²) in [5, 5.41) is 29.9. The highest BCUT2D eigenvalue weighted by molar-refractivity contribution is 5.97. The molecule has 0 saturated heterocycles. The van der Waals surface area contributed by atoms with Gasteiger partial charge >= 0.3 is 5.97 Å². The molecule has 0 heterocycles. The molecule has 1 atom stereocenters. The lowest BCUT2D eigenvalue weighted by molar-refractivity contribution is -0.137. The van der Waals surface area contributed by atoms with Gasteiger partial charge in [-0.05, 0) is 24.6 Å². The molecule has 0 aromatic heterocycles. The maximum atomic E-state index is 11.8. The number of rotatable bonds is 5. The largest absolute Gasteiger partial charge is 0.508 e. The van der Waals surface area contributed by atoms with E-state index in [9.17, 15) is 19.8 Å². The van der Waals surface area contributed by atoms with E-state index in [1.54, 1.807) is 6.92 Å². The van der Waals surface area contributed by atoms with Crippen LogP contribution < -0.4 is 5.32 Å². The van der Waals surface area contributed by atoms with Gasteiger partial charge in [-0.25, -0.2) is 0 Å². The quantitative estimate of drug-likeness (QED) is 0.587. The highest BCUT2D eigenvalue weighted by atomic mass is 16.4. The Labute approximate surface area is 104 Å². The molecular formula is C12H15NO5. The highest BCUT2D eigenvalue weighted by Crippen LogP contribution is 2.22. The third-order valence-corrected chi connectivity index (χ3v) is 2.47. The number of aliphatic carboxylic acids is 1. The van der Waals surface area contributed by atoms with E-state index in [4.69, 9.17) is 5.11 Å². The first-order chi connectivity index (χ1) is 8.43. The first-order valence-electron chi connectivity index (χ1n) is 5.48. The van der Waals surface area contributed by atoms with E-state index in [0.29, 0.717) is 6.42 Å². The van der Waals surface area contributed by atoms with Gasteiger partial charge in [-0.1, -0.05) is 6.92 Å². The van der Waals surface area contributed by atoms with Crippen molar-refractivity contribution in [3.05, 3.63) is 23.8 Å². The fraction of sp³-hybridized carbons (Fsp3) is 0.333. The van der Waals surface area contributed by atoms with Crippen molar-refractivity contribution >= 4 is 11.9 Å². The van der Waals surface area contributed by atoms with Crippen LogP contribution in [-0.4, -0.2) is 33.2 Å². The van der Waals surface area contributed by atoms with Gasteiger partial charge < -0.3 is 20.6 Å². The molecule has 0 bridgehead atoms. The predicted molar refractivity (Wildman–Crippen MR) is 63.6 cm³/mol. The molecule has 0 saturated carbocycles. The normalized spacial score (nSPS) is 11.8. The Balaban J connectivity index is 2.80. The lowest BCUT2D eigenvalue weighted by Gasteiger charge is -2.15. The minimum absolute atomic E-state index is 0.0844. The summed E-state index contributed by atoms with van der Waals surface area (Å²) < 4.78 is 0. The Kier molecular flexibility index (Phi) is 4.53. The summed E-state index contributed by atoms with van der Waals surface area (Å²) in [5.74, 6) is -2.04. The van der Waals surface area contributed by atoms with Gasteiger partial charge in [0, 0.05) is 6.04 Å². The molecule has 1 rings (SSSR count). The second-order valence-corrected chi connectivity index (χ2v) is 3.88. The monoisotopic (exact) mass is 253 g/mol. The lowest BCUT2D eigenvalue weighted by Crippen LogP contribution is -2.36. The molecule has 0 radical (unpaired) electrons. The van der Waals surface area contributed by atoms with Crippen LogP contribution in [0.3, 0.4) is 0 Å². The van der Waals surface area contributed by atoms with Crippen molar-refractivity contribution in [1.82, 2.24) is 5.32 Å². The molecule has 0 fully saturated rings. The van der Waals surface area contributed by atoms with E-state index in [1.807, 2.05) is 0 Å². The summed E-state index contributed by atoms with van der Waals surface area (Å²) in [6.07, 6.45) is 0.263. The van der Waals surface area contributed by atoms with Gasteiger partial charge in [0.1, 0.15) is 11.5 Å². The summed E-state index contributed by atoms with van der Waals surface area (Å²) in [4.78, 5) is 22.4. The molecule has 1 unspecified atom stereocenters. The zero-order valence-electron chi connectivity index (χ0n) is 9.88. The third kappa shape index (κ3) is 3.65. The first-order valence-corrected chi connectivity index (χ1v) is 5.48. The number of amides is 1. The highest BCUT2D eigenvalue weighted by Gasteiger charge is 2.17. The van der Waals surface area contributed by atoms with Gasteiger partial charge in [-0.2, -0.15) is 0 Å². The van der Waals surface area contributed by atoms with Crippen LogP contribution in [-0.2, 0) is 4.79 Å². The fourth-order valence-corrected chi connectivity index (χ4v) is 1.48. The fourth-order valence-electron chi connectivity index (χ4n) is 1.48. The van der Waals surface area contributed by atoms with Crippen molar-refractivity contribution in [2.75, 3.05) is 0 Å². The number of hydrogen-bond acceptors (Lipinski definition) is 4. The molecule has 4 N–H and O–H groups in total. The average Bonchev–Trinajstić information content (AvgIpc) is 2.30. The Bertz CT molecular complexity index is 458. The number of carbonyl (C=O) groups is 2. The molecule has 1 aromatic rings. The zero-order chi connectivity index (χ0) is 13.7. The molecule has 0 aliphatic heterocycles. The molecule has 0 spiro atoms. The van der Waals surface area contributed by atoms with E-state index < -0.39 is 17.9 Å². The minimum Gasteiger partial charge on any atom is -0.508 e. The summed E-state index contributed by atoms with van der Waals surface area (Å²) >= 11 is 0. The van der Waals surface area contributed by atoms with Gasteiger partial charge in [0.25, 0.3) is 5.91 Å². The molecule has 6 heteroatoms. The number of nitrogens with one attached hydrogen (secondary N) is 1. The van der Waals surface area contributed by atoms with Crippen molar-refractivity contribution in [2.45, 2.75) is 25.8 Å². The Hall–Kier alpha value is -2.24. The number of carboxylic acids is 1. The maximum Gasteiger partial charge on any atom is 0.305 e. The van der Waals surface area contributed by atoms with Crippen LogP contribution in [0.1, 0.15) is 30.1 Å². The molecule has 1 amide bonds. The summed E-state index contributed by atoms with van der Waals surface area (Å²) in [7, 11) is 0. The number of phenols is 2. The van der Waals surface area contributed by atoms with Crippen molar-refractivity contribution in [3.8, 4) is 11.5 Å². The van der Waals surface area contributed by atoms with Crippen molar-refractivity contribution in [2.24, 2.45) is 0 Å². The molecule has 0 aliphatic carbocycles. The standard InChI is InChI=1S/C12H15NO5/c1-2-7(5-11(16)17)13-12(18)9-6-8(14)3-4-10(9)15/h3-4,6-7,14-15H,2,5H2,1H3,(H,13,18)(H,16,17). The SMILES string of the molecule is CCC(CC(=O)O)NC(=O)c1cc(O)ccc1O. The van der Waals surface area contributed by atoms with Crippen molar-refractivity contribution in [3.63, 3.8) is 0 Å². The number of benzene rings is 1. The number of carbonyl (C=O) groups excluding carboxylic acids is 1. The van der Waals surface area contributed by atoms with Gasteiger partial charge in [-0.3, -0.25) is 9.59 Å². The summed E-state index contributed by atoms with van der Waals surface area (Å²) in [5.41, 5.74) is -0.0844. The molecule has 98 valence electrons. The lowest BCUT2D eigenvalue weighted by atomic mass is 10.1. The van der Waals surface area contributed by atoms with Crippen molar-refractivity contribution in [1.29, 1.82) is 0 Å².